The number of hydrogen-bond donors (Lipinski definition) is 0. The number of rotatable bonds is 7. The van der Waals surface area contributed by atoms with Gasteiger partial charge < -0.3 is 14.4 Å². The van der Waals surface area contributed by atoms with E-state index in [4.69, 9.17) is 9.47 Å². The molecule has 0 saturated carbocycles. The average molecular weight is 486 g/mol. The van der Waals surface area contributed by atoms with Crippen LogP contribution in [-0.4, -0.2) is 36.8 Å². The highest BCUT2D eigenvalue weighted by atomic mass is 16.5. The first-order chi connectivity index (χ1) is 17.2. The van der Waals surface area contributed by atoms with Crippen molar-refractivity contribution >= 4 is 29.3 Å². The molecule has 36 heavy (non-hydrogen) atoms. The number of carbonyl (C=O) groups excluding carboxylic acids is 4. The topological polar surface area (TPSA) is 90.0 Å². The molecule has 184 valence electrons. The lowest BCUT2D eigenvalue weighted by Gasteiger charge is -2.17. The van der Waals surface area contributed by atoms with Crippen molar-refractivity contribution in [3.8, 4) is 5.75 Å². The Morgan fingerprint density at radius 1 is 0.861 bits per heavy atom. The van der Waals surface area contributed by atoms with Crippen LogP contribution in [-0.2, 0) is 14.3 Å². The molecule has 1 saturated heterocycles. The molecule has 1 fully saturated rings. The predicted molar refractivity (Wildman–Crippen MR) is 134 cm³/mol. The monoisotopic (exact) mass is 485 g/mol. The third-order valence-corrected chi connectivity index (χ3v) is 6.28. The number of benzene rings is 3. The molecule has 0 unspecified atom stereocenters. The number of anilines is 1. The zero-order valence-corrected chi connectivity index (χ0v) is 20.4. The Morgan fingerprint density at radius 3 is 2.19 bits per heavy atom. The molecule has 3 aromatic carbocycles. The number of ketones is 1. The smallest absolute Gasteiger partial charge is 0.343 e. The van der Waals surface area contributed by atoms with Gasteiger partial charge in [0, 0.05) is 24.2 Å². The molecular formula is C29H27NO6. The largest absolute Gasteiger partial charge is 0.457 e. The van der Waals surface area contributed by atoms with Crippen molar-refractivity contribution in [2.75, 3.05) is 18.1 Å². The molecule has 0 spiro atoms. The summed E-state index contributed by atoms with van der Waals surface area (Å²) in [5, 5.41) is 0. The summed E-state index contributed by atoms with van der Waals surface area (Å²) < 4.78 is 10.6. The summed E-state index contributed by atoms with van der Waals surface area (Å²) in [5.74, 6) is -1.95. The highest BCUT2D eigenvalue weighted by molar-refractivity contribution is 6.01. The van der Waals surface area contributed by atoms with Gasteiger partial charge in [0.25, 0.3) is 0 Å². The van der Waals surface area contributed by atoms with E-state index in [0.717, 1.165) is 22.4 Å². The fourth-order valence-electron chi connectivity index (χ4n) is 3.91. The van der Waals surface area contributed by atoms with E-state index in [1.54, 1.807) is 17.0 Å². The first kappa shape index (κ1) is 24.9. The summed E-state index contributed by atoms with van der Waals surface area (Å²) in [5.41, 5.74) is 4.71. The second-order valence-electron chi connectivity index (χ2n) is 8.98. The van der Waals surface area contributed by atoms with Gasteiger partial charge in [-0.1, -0.05) is 23.8 Å². The molecule has 0 N–H and O–H groups in total. The van der Waals surface area contributed by atoms with E-state index in [0.29, 0.717) is 16.9 Å². The Bertz CT molecular complexity index is 1310. The first-order valence-corrected chi connectivity index (χ1v) is 11.7. The average Bonchev–Trinajstić information content (AvgIpc) is 3.26. The van der Waals surface area contributed by atoms with Gasteiger partial charge in [-0.25, -0.2) is 4.79 Å². The Balaban J connectivity index is 1.29. The fraction of sp³-hybridized carbons (Fsp3) is 0.241. The third kappa shape index (κ3) is 5.68. The van der Waals surface area contributed by atoms with Gasteiger partial charge in [-0.2, -0.15) is 0 Å². The highest BCUT2D eigenvalue weighted by Crippen LogP contribution is 2.27. The lowest BCUT2D eigenvalue weighted by molar-refractivity contribution is -0.147. The highest BCUT2D eigenvalue weighted by Gasteiger charge is 2.36. The molecular weight excluding hydrogens is 458 g/mol. The van der Waals surface area contributed by atoms with Gasteiger partial charge in [-0.05, 0) is 80.4 Å². The first-order valence-electron chi connectivity index (χ1n) is 11.7. The Hall–Kier alpha value is -4.26. The maximum atomic E-state index is 12.5. The molecule has 0 radical (unpaired) electrons. The van der Waals surface area contributed by atoms with Crippen LogP contribution in [0.4, 0.5) is 5.69 Å². The van der Waals surface area contributed by atoms with Gasteiger partial charge in [0.1, 0.15) is 5.75 Å². The van der Waals surface area contributed by atoms with Gasteiger partial charge in [0.2, 0.25) is 5.91 Å². The summed E-state index contributed by atoms with van der Waals surface area (Å²) in [6.45, 7) is 5.67. The van der Waals surface area contributed by atoms with Crippen LogP contribution in [0.1, 0.15) is 43.8 Å². The summed E-state index contributed by atoms with van der Waals surface area (Å²) in [7, 11) is 0. The fourth-order valence-corrected chi connectivity index (χ4v) is 3.91. The zero-order valence-electron chi connectivity index (χ0n) is 20.4. The molecule has 0 bridgehead atoms. The number of nitrogens with zero attached hydrogens (tertiary/aromatic N) is 1. The molecule has 3 aromatic rings. The number of esters is 2. The maximum Gasteiger partial charge on any atom is 0.343 e. The van der Waals surface area contributed by atoms with Crippen LogP contribution in [0.2, 0.25) is 0 Å². The Kier molecular flexibility index (Phi) is 7.29. The number of hydrogen-bond acceptors (Lipinski definition) is 6. The van der Waals surface area contributed by atoms with Gasteiger partial charge in [0.05, 0.1) is 11.5 Å². The van der Waals surface area contributed by atoms with Crippen molar-refractivity contribution in [1.82, 2.24) is 0 Å². The number of ether oxygens (including phenoxy) is 2. The van der Waals surface area contributed by atoms with E-state index >= 15 is 0 Å². The standard InChI is InChI=1S/C29H27NO6/c1-18-4-7-22(8-5-18)29(34)36-25-12-9-21(10-13-25)26(31)17-35-28(33)23-15-27(32)30(16-23)24-11-6-19(2)20(3)14-24/h4-14,23H,15-17H2,1-3H3/t23-/m0/s1. The van der Waals surface area contributed by atoms with E-state index in [-0.39, 0.29) is 18.9 Å². The van der Waals surface area contributed by atoms with Crippen molar-refractivity contribution in [3.63, 3.8) is 0 Å². The molecule has 7 heteroatoms. The normalized spacial score (nSPS) is 15.0. The number of carbonyl (C=O) groups is 4. The van der Waals surface area contributed by atoms with Gasteiger partial charge in [-0.15, -0.1) is 0 Å². The molecule has 0 aromatic heterocycles. The van der Waals surface area contributed by atoms with Crippen molar-refractivity contribution in [3.05, 3.63) is 94.5 Å². The van der Waals surface area contributed by atoms with Crippen molar-refractivity contribution in [2.24, 2.45) is 5.92 Å². The summed E-state index contributed by atoms with van der Waals surface area (Å²) in [4.78, 5) is 51.3. The van der Waals surface area contributed by atoms with Gasteiger partial charge >= 0.3 is 11.9 Å². The van der Waals surface area contributed by atoms with Crippen LogP contribution in [0.25, 0.3) is 0 Å². The second-order valence-corrected chi connectivity index (χ2v) is 8.98. The Morgan fingerprint density at radius 2 is 1.53 bits per heavy atom. The van der Waals surface area contributed by atoms with Crippen LogP contribution in [0.3, 0.4) is 0 Å². The van der Waals surface area contributed by atoms with Gasteiger partial charge in [-0.3, -0.25) is 14.4 Å². The quantitative estimate of drug-likeness (QED) is 0.276. The number of amides is 1. The van der Waals surface area contributed by atoms with E-state index in [9.17, 15) is 19.2 Å². The Labute approximate surface area is 209 Å². The van der Waals surface area contributed by atoms with Crippen molar-refractivity contribution in [1.29, 1.82) is 0 Å². The second kappa shape index (κ2) is 10.6. The molecule has 4 rings (SSSR count). The number of aryl methyl sites for hydroxylation is 3. The van der Waals surface area contributed by atoms with Crippen molar-refractivity contribution in [2.45, 2.75) is 27.2 Å². The molecule has 1 aliphatic rings. The molecule has 1 atom stereocenters. The van der Waals surface area contributed by atoms with E-state index in [1.165, 1.54) is 24.3 Å². The molecule has 7 nitrogen and oxygen atoms in total. The minimum atomic E-state index is -0.629. The van der Waals surface area contributed by atoms with Crippen LogP contribution < -0.4 is 9.64 Å². The minimum Gasteiger partial charge on any atom is -0.457 e. The van der Waals surface area contributed by atoms with E-state index in [2.05, 4.69) is 0 Å². The number of Topliss-reactive ketones (excluding diaryl/α,β-unsaturated/α-hetero) is 1. The zero-order chi connectivity index (χ0) is 25.8. The van der Waals surface area contributed by atoms with Crippen LogP contribution in [0.5, 0.6) is 5.75 Å². The summed E-state index contributed by atoms with van der Waals surface area (Å²) in [6.07, 6.45) is 0.0427. The minimum absolute atomic E-state index is 0.0427. The molecule has 0 aliphatic carbocycles. The van der Waals surface area contributed by atoms with Crippen molar-refractivity contribution < 1.29 is 28.7 Å². The maximum absolute atomic E-state index is 12.5. The lowest BCUT2D eigenvalue weighted by atomic mass is 10.1. The SMILES string of the molecule is Cc1ccc(C(=O)Oc2ccc(C(=O)COC(=O)[C@H]3CC(=O)N(c4ccc(C)c(C)c4)C3)cc2)cc1. The van der Waals surface area contributed by atoms with E-state index < -0.39 is 30.2 Å². The van der Waals surface area contributed by atoms with Crippen LogP contribution in [0, 0.1) is 26.7 Å². The van der Waals surface area contributed by atoms with Crippen LogP contribution >= 0.6 is 0 Å². The molecule has 1 aliphatic heterocycles. The summed E-state index contributed by atoms with van der Waals surface area (Å²) in [6, 6.07) is 18.8. The summed E-state index contributed by atoms with van der Waals surface area (Å²) >= 11 is 0. The molecule has 1 heterocycles. The van der Waals surface area contributed by atoms with E-state index in [1.807, 2.05) is 51.1 Å². The third-order valence-electron chi connectivity index (χ3n) is 6.28. The molecule has 1 amide bonds. The lowest BCUT2D eigenvalue weighted by Crippen LogP contribution is -2.27. The van der Waals surface area contributed by atoms with Crippen LogP contribution in [0.15, 0.2) is 66.7 Å². The predicted octanol–water partition coefficient (Wildman–Crippen LogP) is 4.61. The van der Waals surface area contributed by atoms with Gasteiger partial charge in [0.15, 0.2) is 12.4 Å².